The Bertz CT molecular complexity index is 496. The minimum Gasteiger partial charge on any atom is -0.350 e. The molecule has 0 aliphatic heterocycles. The number of nitrogens with zero attached hydrogens (tertiary/aromatic N) is 2. The second kappa shape index (κ2) is 7.21. The van der Waals surface area contributed by atoms with Crippen LogP contribution in [0.4, 0.5) is 0 Å². The lowest BCUT2D eigenvalue weighted by atomic mass is 9.83. The summed E-state index contributed by atoms with van der Waals surface area (Å²) in [5.74, 6) is 2.03. The van der Waals surface area contributed by atoms with Crippen molar-refractivity contribution in [3.8, 4) is 0 Å². The standard InChI is InChI=1S/C16H24ClN3O/c1-10(2)15-18-9-13(17)14(20-15)16(21)19-8-12-6-4-11(3)5-7-12/h9-12H,4-8H2,1-3H3,(H,19,21). The first-order valence-electron chi connectivity index (χ1n) is 7.78. The van der Waals surface area contributed by atoms with Crippen molar-refractivity contribution in [1.82, 2.24) is 15.3 Å². The maximum absolute atomic E-state index is 12.3. The van der Waals surface area contributed by atoms with Crippen LogP contribution >= 0.6 is 11.6 Å². The zero-order valence-corrected chi connectivity index (χ0v) is 13.8. The van der Waals surface area contributed by atoms with E-state index in [1.165, 1.54) is 31.9 Å². The molecule has 0 radical (unpaired) electrons. The molecule has 1 heterocycles. The van der Waals surface area contributed by atoms with Gasteiger partial charge in [0.25, 0.3) is 5.91 Å². The second-order valence-electron chi connectivity index (χ2n) is 6.42. The topological polar surface area (TPSA) is 54.9 Å². The summed E-state index contributed by atoms with van der Waals surface area (Å²) < 4.78 is 0. The number of rotatable bonds is 4. The summed E-state index contributed by atoms with van der Waals surface area (Å²) in [5.41, 5.74) is 0.291. The third-order valence-electron chi connectivity index (χ3n) is 4.18. The monoisotopic (exact) mass is 309 g/mol. The number of carbonyl (C=O) groups excluding carboxylic acids is 1. The molecule has 1 N–H and O–H groups in total. The third-order valence-corrected chi connectivity index (χ3v) is 4.46. The normalized spacial score (nSPS) is 22.3. The van der Waals surface area contributed by atoms with Crippen LogP contribution in [-0.4, -0.2) is 22.4 Å². The fraction of sp³-hybridized carbons (Fsp3) is 0.688. The SMILES string of the molecule is CC1CCC(CNC(=O)c2nc(C(C)C)ncc2Cl)CC1. The van der Waals surface area contributed by atoms with Gasteiger partial charge in [-0.25, -0.2) is 9.97 Å². The first-order valence-corrected chi connectivity index (χ1v) is 8.15. The van der Waals surface area contributed by atoms with Crippen LogP contribution in [0.5, 0.6) is 0 Å². The van der Waals surface area contributed by atoms with Crippen molar-refractivity contribution in [2.75, 3.05) is 6.54 Å². The van der Waals surface area contributed by atoms with Crippen LogP contribution in [0.25, 0.3) is 0 Å². The molecule has 0 unspecified atom stereocenters. The Morgan fingerprint density at radius 1 is 1.38 bits per heavy atom. The van der Waals surface area contributed by atoms with E-state index in [1.807, 2.05) is 13.8 Å². The maximum atomic E-state index is 12.3. The molecule has 0 bridgehead atoms. The van der Waals surface area contributed by atoms with Gasteiger partial charge in [-0.15, -0.1) is 0 Å². The summed E-state index contributed by atoms with van der Waals surface area (Å²) in [6.07, 6.45) is 6.41. The summed E-state index contributed by atoms with van der Waals surface area (Å²) in [6.45, 7) is 6.99. The van der Waals surface area contributed by atoms with Gasteiger partial charge in [-0.3, -0.25) is 4.79 Å². The molecule has 2 rings (SSSR count). The number of hydrogen-bond acceptors (Lipinski definition) is 3. The van der Waals surface area contributed by atoms with E-state index in [-0.39, 0.29) is 11.8 Å². The zero-order chi connectivity index (χ0) is 15.4. The molecule has 21 heavy (non-hydrogen) atoms. The van der Waals surface area contributed by atoms with Crippen molar-refractivity contribution in [1.29, 1.82) is 0 Å². The van der Waals surface area contributed by atoms with Gasteiger partial charge in [0.05, 0.1) is 11.2 Å². The fourth-order valence-corrected chi connectivity index (χ4v) is 2.85. The predicted octanol–water partition coefficient (Wildman–Crippen LogP) is 3.81. The van der Waals surface area contributed by atoms with Crippen molar-refractivity contribution in [3.05, 3.63) is 22.7 Å². The molecule has 4 nitrogen and oxygen atoms in total. The molecule has 1 aromatic heterocycles. The minimum atomic E-state index is -0.192. The number of carbonyl (C=O) groups is 1. The van der Waals surface area contributed by atoms with Gasteiger partial charge in [0, 0.05) is 12.5 Å². The van der Waals surface area contributed by atoms with Crippen LogP contribution < -0.4 is 5.32 Å². The molecule has 0 spiro atoms. The Balaban J connectivity index is 1.95. The van der Waals surface area contributed by atoms with E-state index in [9.17, 15) is 4.79 Å². The minimum absolute atomic E-state index is 0.175. The number of hydrogen-bond donors (Lipinski definition) is 1. The van der Waals surface area contributed by atoms with Gasteiger partial charge in [-0.05, 0) is 24.7 Å². The average molecular weight is 310 g/mol. The molecule has 1 fully saturated rings. The first-order chi connectivity index (χ1) is 9.97. The molecular formula is C16H24ClN3O. The molecule has 0 atom stereocenters. The van der Waals surface area contributed by atoms with E-state index in [0.29, 0.717) is 29.0 Å². The van der Waals surface area contributed by atoms with Gasteiger partial charge >= 0.3 is 0 Å². The number of aromatic nitrogens is 2. The van der Waals surface area contributed by atoms with E-state index in [2.05, 4.69) is 22.2 Å². The molecule has 1 aliphatic carbocycles. The Morgan fingerprint density at radius 3 is 2.67 bits per heavy atom. The Kier molecular flexibility index (Phi) is 5.57. The van der Waals surface area contributed by atoms with Gasteiger partial charge in [0.2, 0.25) is 0 Å². The Labute approximate surface area is 131 Å². The van der Waals surface area contributed by atoms with Crippen molar-refractivity contribution in [2.24, 2.45) is 11.8 Å². The van der Waals surface area contributed by atoms with Crippen molar-refractivity contribution in [3.63, 3.8) is 0 Å². The molecule has 0 aromatic carbocycles. The van der Waals surface area contributed by atoms with Crippen LogP contribution in [0.15, 0.2) is 6.20 Å². The van der Waals surface area contributed by atoms with Gasteiger partial charge < -0.3 is 5.32 Å². The van der Waals surface area contributed by atoms with Crippen LogP contribution in [0.3, 0.4) is 0 Å². The van der Waals surface area contributed by atoms with E-state index < -0.39 is 0 Å². The van der Waals surface area contributed by atoms with E-state index in [4.69, 9.17) is 11.6 Å². The van der Waals surface area contributed by atoms with Crippen LogP contribution in [0.2, 0.25) is 5.02 Å². The predicted molar refractivity (Wildman–Crippen MR) is 84.6 cm³/mol. The zero-order valence-electron chi connectivity index (χ0n) is 13.0. The van der Waals surface area contributed by atoms with Gasteiger partial charge in [0.15, 0.2) is 0 Å². The molecule has 5 heteroatoms. The van der Waals surface area contributed by atoms with Gasteiger partial charge in [-0.1, -0.05) is 45.2 Å². The summed E-state index contributed by atoms with van der Waals surface area (Å²) in [6, 6.07) is 0. The maximum Gasteiger partial charge on any atom is 0.271 e. The molecule has 1 aliphatic rings. The fourth-order valence-electron chi connectivity index (χ4n) is 2.67. The van der Waals surface area contributed by atoms with Crippen LogP contribution in [0, 0.1) is 11.8 Å². The lowest BCUT2D eigenvalue weighted by molar-refractivity contribution is 0.0936. The van der Waals surface area contributed by atoms with Crippen molar-refractivity contribution in [2.45, 2.75) is 52.4 Å². The number of halogens is 1. The molecule has 0 saturated heterocycles. The van der Waals surface area contributed by atoms with Crippen LogP contribution in [0.1, 0.15) is 68.7 Å². The highest BCUT2D eigenvalue weighted by Crippen LogP contribution is 2.27. The summed E-state index contributed by atoms with van der Waals surface area (Å²) in [7, 11) is 0. The smallest absolute Gasteiger partial charge is 0.271 e. The highest BCUT2D eigenvalue weighted by Gasteiger charge is 2.20. The Morgan fingerprint density at radius 2 is 2.05 bits per heavy atom. The largest absolute Gasteiger partial charge is 0.350 e. The lowest BCUT2D eigenvalue weighted by Gasteiger charge is -2.26. The third kappa shape index (κ3) is 4.40. The molecule has 1 saturated carbocycles. The van der Waals surface area contributed by atoms with E-state index in [0.717, 1.165) is 5.92 Å². The lowest BCUT2D eigenvalue weighted by Crippen LogP contribution is -2.32. The first kappa shape index (κ1) is 16.2. The van der Waals surface area contributed by atoms with Crippen molar-refractivity contribution >= 4 is 17.5 Å². The summed E-state index contributed by atoms with van der Waals surface area (Å²) >= 11 is 6.05. The molecule has 116 valence electrons. The highest BCUT2D eigenvalue weighted by molar-refractivity contribution is 6.33. The molecular weight excluding hydrogens is 286 g/mol. The van der Waals surface area contributed by atoms with Crippen LogP contribution in [-0.2, 0) is 0 Å². The Hall–Kier alpha value is -1.16. The summed E-state index contributed by atoms with van der Waals surface area (Å²) in [4.78, 5) is 20.7. The van der Waals surface area contributed by atoms with Gasteiger partial charge in [-0.2, -0.15) is 0 Å². The number of nitrogens with one attached hydrogen (secondary N) is 1. The molecule has 1 aromatic rings. The summed E-state index contributed by atoms with van der Waals surface area (Å²) in [5, 5.41) is 3.29. The van der Waals surface area contributed by atoms with E-state index >= 15 is 0 Å². The quantitative estimate of drug-likeness (QED) is 0.920. The van der Waals surface area contributed by atoms with E-state index in [1.54, 1.807) is 0 Å². The number of amides is 1. The molecule has 1 amide bonds. The highest BCUT2D eigenvalue weighted by atomic mass is 35.5. The second-order valence-corrected chi connectivity index (χ2v) is 6.82. The van der Waals surface area contributed by atoms with Gasteiger partial charge in [0.1, 0.15) is 11.5 Å². The average Bonchev–Trinajstić information content (AvgIpc) is 2.46. The van der Waals surface area contributed by atoms with Crippen molar-refractivity contribution < 1.29 is 4.79 Å².